The number of methoxy groups -OCH3 is 1. The number of carbonyl (C=O) groups excluding carboxylic acids is 3. The first-order valence-corrected chi connectivity index (χ1v) is 10.2. The number of hydrogen-bond acceptors (Lipinski definition) is 4. The van der Waals surface area contributed by atoms with Crippen molar-refractivity contribution in [3.63, 3.8) is 0 Å². The topological polar surface area (TPSA) is 80.6 Å². The Hall–Kier alpha value is -4.13. The van der Waals surface area contributed by atoms with Gasteiger partial charge in [-0.25, -0.2) is 9.69 Å². The van der Waals surface area contributed by atoms with Gasteiger partial charge in [-0.2, -0.15) is 0 Å². The van der Waals surface area contributed by atoms with Gasteiger partial charge >= 0.3 is 6.03 Å². The van der Waals surface area contributed by atoms with Gasteiger partial charge in [-0.1, -0.05) is 19.1 Å². The van der Waals surface area contributed by atoms with Crippen LogP contribution in [0.5, 0.6) is 5.75 Å². The van der Waals surface area contributed by atoms with E-state index in [1.165, 1.54) is 6.08 Å². The fourth-order valence-corrected chi connectivity index (χ4v) is 3.64. The predicted octanol–water partition coefficient (Wildman–Crippen LogP) is 4.02. The Morgan fingerprint density at radius 1 is 0.969 bits per heavy atom. The number of ether oxygens (including phenoxy) is 1. The Bertz CT molecular complexity index is 1220. The molecule has 2 aromatic carbocycles. The number of benzene rings is 2. The van der Waals surface area contributed by atoms with E-state index in [0.717, 1.165) is 34.0 Å². The lowest BCUT2D eigenvalue weighted by Crippen LogP contribution is -2.54. The van der Waals surface area contributed by atoms with E-state index < -0.39 is 17.8 Å². The van der Waals surface area contributed by atoms with Crippen molar-refractivity contribution in [1.82, 2.24) is 9.88 Å². The standard InChI is InChI=1S/C25H23N3O4/c1-4-17-5-7-20(8-6-17)28-24(30)22(23(29)26-25(28)31)14-18-13-16(2)27(15-18)19-9-11-21(32-3)12-10-19/h5-15H,4H2,1-3H3,(H,26,29,31)/b22-14-. The molecule has 32 heavy (non-hydrogen) atoms. The van der Waals surface area contributed by atoms with Gasteiger partial charge in [0.05, 0.1) is 12.8 Å². The maximum Gasteiger partial charge on any atom is 0.335 e. The average Bonchev–Trinajstić information content (AvgIpc) is 3.17. The van der Waals surface area contributed by atoms with Crippen LogP contribution >= 0.6 is 0 Å². The third-order valence-corrected chi connectivity index (χ3v) is 5.40. The fraction of sp³-hybridized carbons (Fsp3) is 0.160. The first-order chi connectivity index (χ1) is 15.4. The lowest BCUT2D eigenvalue weighted by atomic mass is 10.1. The number of rotatable bonds is 5. The molecule has 0 unspecified atom stereocenters. The summed E-state index contributed by atoms with van der Waals surface area (Å²) in [6.07, 6.45) is 4.18. The van der Waals surface area contributed by atoms with E-state index in [9.17, 15) is 14.4 Å². The van der Waals surface area contributed by atoms with Gasteiger partial charge in [0.1, 0.15) is 11.3 Å². The van der Waals surface area contributed by atoms with E-state index in [1.807, 2.05) is 67.1 Å². The zero-order chi connectivity index (χ0) is 22.8. The summed E-state index contributed by atoms with van der Waals surface area (Å²) in [4.78, 5) is 38.9. The van der Waals surface area contributed by atoms with Crippen molar-refractivity contribution in [3.05, 3.63) is 83.2 Å². The van der Waals surface area contributed by atoms with Crippen molar-refractivity contribution in [3.8, 4) is 11.4 Å². The van der Waals surface area contributed by atoms with Crippen LogP contribution in [0.3, 0.4) is 0 Å². The van der Waals surface area contributed by atoms with Crippen LogP contribution in [0.1, 0.15) is 23.7 Å². The van der Waals surface area contributed by atoms with Crippen molar-refractivity contribution in [2.24, 2.45) is 0 Å². The van der Waals surface area contributed by atoms with Crippen molar-refractivity contribution in [1.29, 1.82) is 0 Å². The highest BCUT2D eigenvalue weighted by Gasteiger charge is 2.36. The van der Waals surface area contributed by atoms with Crippen LogP contribution in [0.4, 0.5) is 10.5 Å². The molecule has 0 radical (unpaired) electrons. The number of aromatic nitrogens is 1. The summed E-state index contributed by atoms with van der Waals surface area (Å²) >= 11 is 0. The quantitative estimate of drug-likeness (QED) is 0.491. The summed E-state index contributed by atoms with van der Waals surface area (Å²) in [6, 6.07) is 15.8. The highest BCUT2D eigenvalue weighted by atomic mass is 16.5. The number of barbiturate groups is 1. The second-order valence-electron chi connectivity index (χ2n) is 7.46. The van der Waals surface area contributed by atoms with Crippen LogP contribution < -0.4 is 15.0 Å². The minimum absolute atomic E-state index is 0.101. The second-order valence-corrected chi connectivity index (χ2v) is 7.46. The van der Waals surface area contributed by atoms with Crippen LogP contribution in [0.25, 0.3) is 11.8 Å². The van der Waals surface area contributed by atoms with Gasteiger partial charge in [0.25, 0.3) is 11.8 Å². The molecule has 3 aromatic rings. The molecule has 0 saturated carbocycles. The average molecular weight is 429 g/mol. The highest BCUT2D eigenvalue weighted by molar-refractivity contribution is 6.39. The number of hydrogen-bond donors (Lipinski definition) is 1. The van der Waals surface area contributed by atoms with Crippen LogP contribution in [0.15, 0.2) is 66.4 Å². The summed E-state index contributed by atoms with van der Waals surface area (Å²) in [5, 5.41) is 2.26. The Morgan fingerprint density at radius 3 is 2.25 bits per heavy atom. The summed E-state index contributed by atoms with van der Waals surface area (Å²) in [5.74, 6) is -0.615. The number of anilines is 1. The Kier molecular flexibility index (Phi) is 5.64. The van der Waals surface area contributed by atoms with Crippen LogP contribution in [0.2, 0.25) is 0 Å². The van der Waals surface area contributed by atoms with E-state index in [-0.39, 0.29) is 5.57 Å². The van der Waals surface area contributed by atoms with Gasteiger partial charge in [0.15, 0.2) is 0 Å². The molecule has 0 bridgehead atoms. The van der Waals surface area contributed by atoms with Crippen molar-refractivity contribution in [2.45, 2.75) is 20.3 Å². The number of aryl methyl sites for hydroxylation is 2. The van der Waals surface area contributed by atoms with Crippen LogP contribution in [0, 0.1) is 6.92 Å². The number of imide groups is 2. The van der Waals surface area contributed by atoms with Crippen molar-refractivity contribution < 1.29 is 19.1 Å². The summed E-state index contributed by atoms with van der Waals surface area (Å²) in [5.41, 5.74) is 3.91. The second kappa shape index (κ2) is 8.55. The Morgan fingerprint density at radius 2 is 1.62 bits per heavy atom. The van der Waals surface area contributed by atoms with Crippen molar-refractivity contribution >= 4 is 29.6 Å². The zero-order valence-corrected chi connectivity index (χ0v) is 18.1. The SMILES string of the molecule is CCc1ccc(N2C(=O)NC(=O)/C(=C/c3cc(C)n(-c4ccc(OC)cc4)c3)C2=O)cc1. The molecule has 1 aromatic heterocycles. The third kappa shape index (κ3) is 3.92. The smallest absolute Gasteiger partial charge is 0.335 e. The van der Waals surface area contributed by atoms with Gasteiger partial charge in [-0.05, 0) is 73.0 Å². The molecule has 1 saturated heterocycles. The number of nitrogens with one attached hydrogen (secondary N) is 1. The van der Waals surface area contributed by atoms with E-state index in [0.29, 0.717) is 11.3 Å². The molecule has 0 aliphatic carbocycles. The number of amides is 4. The van der Waals surface area contributed by atoms with Gasteiger partial charge in [0, 0.05) is 17.6 Å². The molecule has 4 amide bonds. The molecule has 7 nitrogen and oxygen atoms in total. The summed E-state index contributed by atoms with van der Waals surface area (Å²) < 4.78 is 7.15. The largest absolute Gasteiger partial charge is 0.497 e. The number of carbonyl (C=O) groups is 3. The predicted molar refractivity (Wildman–Crippen MR) is 122 cm³/mol. The first-order valence-electron chi connectivity index (χ1n) is 10.2. The minimum Gasteiger partial charge on any atom is -0.497 e. The summed E-state index contributed by atoms with van der Waals surface area (Å²) in [6.45, 7) is 3.95. The lowest BCUT2D eigenvalue weighted by molar-refractivity contribution is -0.122. The monoisotopic (exact) mass is 429 g/mol. The van der Waals surface area contributed by atoms with Gasteiger partial charge < -0.3 is 9.30 Å². The molecule has 1 aliphatic rings. The highest BCUT2D eigenvalue weighted by Crippen LogP contribution is 2.24. The fourth-order valence-electron chi connectivity index (χ4n) is 3.64. The molecule has 0 atom stereocenters. The molecule has 1 N–H and O–H groups in total. The molecule has 1 fully saturated rings. The van der Waals surface area contributed by atoms with E-state index in [4.69, 9.17) is 4.74 Å². The van der Waals surface area contributed by atoms with Gasteiger partial charge in [-0.15, -0.1) is 0 Å². The molecule has 2 heterocycles. The molecular formula is C25H23N3O4. The van der Waals surface area contributed by atoms with E-state index >= 15 is 0 Å². The maximum absolute atomic E-state index is 13.1. The van der Waals surface area contributed by atoms with E-state index in [1.54, 1.807) is 19.2 Å². The molecular weight excluding hydrogens is 406 g/mol. The molecule has 0 spiro atoms. The zero-order valence-electron chi connectivity index (χ0n) is 18.1. The molecule has 4 rings (SSSR count). The van der Waals surface area contributed by atoms with Gasteiger partial charge in [0.2, 0.25) is 0 Å². The number of nitrogens with zero attached hydrogens (tertiary/aromatic N) is 2. The van der Waals surface area contributed by atoms with Gasteiger partial charge in [-0.3, -0.25) is 14.9 Å². The number of urea groups is 1. The first kappa shape index (κ1) is 21.1. The minimum atomic E-state index is -0.756. The Labute approximate surface area is 185 Å². The van der Waals surface area contributed by atoms with Crippen molar-refractivity contribution in [2.75, 3.05) is 12.0 Å². The molecule has 162 valence electrons. The van der Waals surface area contributed by atoms with Crippen LogP contribution in [-0.2, 0) is 16.0 Å². The third-order valence-electron chi connectivity index (χ3n) is 5.40. The summed E-state index contributed by atoms with van der Waals surface area (Å²) in [7, 11) is 1.61. The lowest BCUT2D eigenvalue weighted by Gasteiger charge is -2.26. The molecule has 1 aliphatic heterocycles. The molecule has 7 heteroatoms. The van der Waals surface area contributed by atoms with E-state index in [2.05, 4.69) is 5.32 Å². The maximum atomic E-state index is 13.1. The van der Waals surface area contributed by atoms with Crippen LogP contribution in [-0.4, -0.2) is 29.5 Å². The Balaban J connectivity index is 1.67. The normalized spacial score (nSPS) is 15.3.